The number of allylic oxidation sites excluding steroid dienone is 1. The van der Waals surface area contributed by atoms with Gasteiger partial charge in [-0.05, 0) is 106 Å². The minimum Gasteiger partial charge on any atom is -0.318 e. The van der Waals surface area contributed by atoms with Crippen molar-refractivity contribution in [2.75, 3.05) is 13.1 Å². The summed E-state index contributed by atoms with van der Waals surface area (Å²) < 4.78 is 0. The van der Waals surface area contributed by atoms with E-state index in [1.54, 1.807) is 0 Å². The number of amides is 1. The van der Waals surface area contributed by atoms with Crippen molar-refractivity contribution in [1.29, 1.82) is 0 Å². The molecule has 33 heavy (non-hydrogen) atoms. The van der Waals surface area contributed by atoms with Crippen LogP contribution in [0, 0.1) is 34.5 Å². The fourth-order valence-electron chi connectivity index (χ4n) is 8.59. The lowest BCUT2D eigenvalue weighted by Gasteiger charge is -2.58. The van der Waals surface area contributed by atoms with Crippen molar-refractivity contribution in [3.63, 3.8) is 0 Å². The van der Waals surface area contributed by atoms with Gasteiger partial charge in [-0.15, -0.1) is 0 Å². The minimum absolute atomic E-state index is 0.217. The van der Waals surface area contributed by atoms with Crippen molar-refractivity contribution in [3.8, 4) is 0 Å². The lowest BCUT2D eigenvalue weighted by atomic mass is 9.46. The number of ketones is 1. The Bertz CT molecular complexity index is 861. The number of nitrogens with one attached hydrogen (secondary N) is 2. The Morgan fingerprint density at radius 3 is 2.79 bits per heavy atom. The summed E-state index contributed by atoms with van der Waals surface area (Å²) in [5.74, 6) is 2.85. The van der Waals surface area contributed by atoms with Crippen LogP contribution in [0.4, 0.5) is 4.79 Å². The van der Waals surface area contributed by atoms with Gasteiger partial charge in [0.15, 0.2) is 5.78 Å². The topological polar surface area (TPSA) is 79.8 Å². The summed E-state index contributed by atoms with van der Waals surface area (Å²) in [6.07, 6.45) is 12.7. The largest absolute Gasteiger partial charge is 0.433 e. The molecule has 6 nitrogen and oxygen atoms in total. The predicted molar refractivity (Wildman–Crippen MR) is 129 cm³/mol. The molecule has 1 amide bonds. The second-order valence-corrected chi connectivity index (χ2v) is 11.9. The summed E-state index contributed by atoms with van der Waals surface area (Å²) in [5.41, 5.74) is 2.85. The normalized spacial score (nSPS) is 42.8. The molecule has 1 unspecified atom stereocenters. The van der Waals surface area contributed by atoms with Gasteiger partial charge in [0, 0.05) is 24.9 Å². The molecule has 0 spiro atoms. The monoisotopic (exact) mass is 455 g/mol. The van der Waals surface area contributed by atoms with Crippen LogP contribution in [0.3, 0.4) is 0 Å². The van der Waals surface area contributed by atoms with E-state index in [0.717, 1.165) is 56.7 Å². The van der Waals surface area contributed by atoms with Crippen LogP contribution in [-0.4, -0.2) is 36.7 Å². The van der Waals surface area contributed by atoms with Crippen LogP contribution in [-0.2, 0) is 9.63 Å². The van der Waals surface area contributed by atoms with E-state index in [1.807, 2.05) is 13.0 Å². The molecule has 0 aromatic rings. The zero-order chi connectivity index (χ0) is 23.2. The van der Waals surface area contributed by atoms with Crippen molar-refractivity contribution < 1.29 is 14.4 Å². The number of nitrogens with zero attached hydrogens (tertiary/aromatic N) is 1. The first-order valence-electron chi connectivity index (χ1n) is 13.3. The second kappa shape index (κ2) is 8.83. The molecule has 3 saturated carbocycles. The highest BCUT2D eigenvalue weighted by Gasteiger charge is 2.59. The number of hydrogen-bond donors (Lipinski definition) is 2. The van der Waals surface area contributed by atoms with Crippen LogP contribution < -0.4 is 10.6 Å². The van der Waals surface area contributed by atoms with Crippen molar-refractivity contribution >= 4 is 17.6 Å². The molecule has 0 aromatic carbocycles. The third-order valence-corrected chi connectivity index (χ3v) is 10.4. The molecule has 2 N–H and O–H groups in total. The van der Waals surface area contributed by atoms with Crippen LogP contribution >= 0.6 is 0 Å². The van der Waals surface area contributed by atoms with Crippen LogP contribution in [0.15, 0.2) is 16.8 Å². The fourth-order valence-corrected chi connectivity index (χ4v) is 8.59. The van der Waals surface area contributed by atoms with Crippen LogP contribution in [0.2, 0.25) is 0 Å². The van der Waals surface area contributed by atoms with Gasteiger partial charge in [-0.1, -0.05) is 24.6 Å². The number of hydrogen-bond acceptors (Lipinski definition) is 5. The fraction of sp³-hybridized carbons (Fsp3) is 0.815. The Labute approximate surface area is 198 Å². The summed E-state index contributed by atoms with van der Waals surface area (Å²) in [4.78, 5) is 29.5. The van der Waals surface area contributed by atoms with E-state index in [4.69, 9.17) is 4.84 Å². The van der Waals surface area contributed by atoms with Crippen LogP contribution in [0.25, 0.3) is 0 Å². The highest BCUT2D eigenvalue weighted by Crippen LogP contribution is 2.66. The van der Waals surface area contributed by atoms with Crippen molar-refractivity contribution in [3.05, 3.63) is 11.6 Å². The van der Waals surface area contributed by atoms with E-state index in [-0.39, 0.29) is 10.8 Å². The molecule has 5 rings (SSSR count). The van der Waals surface area contributed by atoms with Crippen molar-refractivity contribution in [1.82, 2.24) is 10.6 Å². The van der Waals surface area contributed by atoms with Crippen molar-refractivity contribution in [2.24, 2.45) is 39.7 Å². The molecule has 5 aliphatic rings. The summed E-state index contributed by atoms with van der Waals surface area (Å²) >= 11 is 0. The maximum Gasteiger partial charge on any atom is 0.433 e. The van der Waals surface area contributed by atoms with E-state index in [9.17, 15) is 9.59 Å². The third kappa shape index (κ3) is 4.06. The molecule has 0 aromatic heterocycles. The zero-order valence-corrected chi connectivity index (χ0v) is 20.6. The molecular formula is C27H41N3O3. The smallest absolute Gasteiger partial charge is 0.318 e. The molecule has 7 atom stereocenters. The molecule has 4 fully saturated rings. The zero-order valence-electron chi connectivity index (χ0n) is 20.6. The van der Waals surface area contributed by atoms with E-state index >= 15 is 0 Å². The van der Waals surface area contributed by atoms with E-state index in [2.05, 4.69) is 29.6 Å². The first kappa shape index (κ1) is 23.1. The lowest BCUT2D eigenvalue weighted by Crippen LogP contribution is -2.51. The van der Waals surface area contributed by atoms with Gasteiger partial charge >= 0.3 is 6.09 Å². The average Bonchev–Trinajstić information content (AvgIpc) is 3.44. The maximum absolute atomic E-state index is 12.2. The lowest BCUT2D eigenvalue weighted by molar-refractivity contribution is -0.117. The molecule has 182 valence electrons. The molecular weight excluding hydrogens is 414 g/mol. The quantitative estimate of drug-likeness (QED) is 0.356. The number of fused-ring (bicyclic) bond motifs is 5. The summed E-state index contributed by atoms with van der Waals surface area (Å²) in [6.45, 7) is 8.58. The Hall–Kier alpha value is -1.69. The second-order valence-electron chi connectivity index (χ2n) is 11.9. The Kier molecular flexibility index (Phi) is 6.17. The molecule has 1 heterocycles. The highest BCUT2D eigenvalue weighted by atomic mass is 16.7. The predicted octanol–water partition coefficient (Wildman–Crippen LogP) is 4.99. The Balaban J connectivity index is 1.24. The molecule has 6 heteroatoms. The SMILES string of the molecule is C/C(=N\OC(=O)NCC1CCCN1)[C@H]1CC[C@H]2[C@@H]3CCC4=CC(=O)CC[C@]4(C)[C@H]3CC[C@]12C. The van der Waals surface area contributed by atoms with Crippen LogP contribution in [0.1, 0.15) is 85.0 Å². The summed E-state index contributed by atoms with van der Waals surface area (Å²) in [7, 11) is 0. The van der Waals surface area contributed by atoms with Gasteiger partial charge in [0.2, 0.25) is 0 Å². The summed E-state index contributed by atoms with van der Waals surface area (Å²) in [5, 5.41) is 10.5. The van der Waals surface area contributed by atoms with Gasteiger partial charge in [0.25, 0.3) is 0 Å². The number of carbonyl (C=O) groups is 2. The third-order valence-electron chi connectivity index (χ3n) is 10.4. The number of carbonyl (C=O) groups excluding carboxylic acids is 2. The van der Waals surface area contributed by atoms with Crippen molar-refractivity contribution in [2.45, 2.75) is 91.0 Å². The molecule has 0 radical (unpaired) electrons. The van der Waals surface area contributed by atoms with Gasteiger partial charge in [-0.3, -0.25) is 9.63 Å². The maximum atomic E-state index is 12.2. The van der Waals surface area contributed by atoms with Gasteiger partial charge in [0.1, 0.15) is 0 Å². The highest BCUT2D eigenvalue weighted by molar-refractivity contribution is 5.91. The van der Waals surface area contributed by atoms with Gasteiger partial charge in [-0.2, -0.15) is 0 Å². The minimum atomic E-state index is -0.446. The number of oxime groups is 1. The van der Waals surface area contributed by atoms with E-state index < -0.39 is 6.09 Å². The van der Waals surface area contributed by atoms with Gasteiger partial charge in [0.05, 0.1) is 5.71 Å². The molecule has 1 aliphatic heterocycles. The average molecular weight is 456 g/mol. The standard InChI is InChI=1S/C27H41N3O3/c1-17(30-33-25(32)29-16-19-5-4-14-28-19)22-8-9-23-21-7-6-18-15-20(31)10-12-26(18,2)24(21)11-13-27(22,23)3/h15,19,21-24,28H,4-14,16H2,1-3H3,(H,29,32)/b30-17+/t19?,21-,22+,23-,24-,26-,27+/m0/s1. The Morgan fingerprint density at radius 2 is 2.00 bits per heavy atom. The first-order chi connectivity index (χ1) is 15.8. The molecule has 1 saturated heterocycles. The Morgan fingerprint density at radius 1 is 1.15 bits per heavy atom. The van der Waals surface area contributed by atoms with E-state index in [0.29, 0.717) is 36.1 Å². The molecule has 0 bridgehead atoms. The number of rotatable bonds is 4. The van der Waals surface area contributed by atoms with Crippen LogP contribution in [0.5, 0.6) is 0 Å². The molecule has 4 aliphatic carbocycles. The van der Waals surface area contributed by atoms with Gasteiger partial charge < -0.3 is 10.6 Å². The first-order valence-corrected chi connectivity index (χ1v) is 13.3. The summed E-state index contributed by atoms with van der Waals surface area (Å²) in [6, 6.07) is 0.349. The van der Waals surface area contributed by atoms with E-state index in [1.165, 1.54) is 31.3 Å². The van der Waals surface area contributed by atoms with Gasteiger partial charge in [-0.25, -0.2) is 4.79 Å².